The van der Waals surface area contributed by atoms with Gasteiger partial charge in [-0.3, -0.25) is 4.79 Å². The standard InChI is InChI=1S/C6H14N2O.2C3H8/c1-5(9)6(8)3-2-4-7;2*1-3-2/h6H,2-4,7-8H2,1H3;2*3H2,1-2H3. The Morgan fingerprint density at radius 1 is 1.13 bits per heavy atom. The van der Waals surface area contributed by atoms with Crippen molar-refractivity contribution in [2.24, 2.45) is 11.5 Å². The normalized spacial score (nSPS) is 10.3. The molecule has 0 heterocycles. The summed E-state index contributed by atoms with van der Waals surface area (Å²) in [4.78, 5) is 10.5. The van der Waals surface area contributed by atoms with Crippen molar-refractivity contribution < 1.29 is 4.79 Å². The number of Topliss-reactive ketones (excluding diaryl/α,β-unsaturated/α-hetero) is 1. The highest BCUT2D eigenvalue weighted by molar-refractivity contribution is 5.80. The highest BCUT2D eigenvalue weighted by atomic mass is 16.1. The molecule has 0 saturated carbocycles. The van der Waals surface area contributed by atoms with Crippen LogP contribution >= 0.6 is 0 Å². The molecule has 0 aliphatic carbocycles. The number of nitrogens with two attached hydrogens (primary N) is 2. The van der Waals surface area contributed by atoms with Crippen LogP contribution in [0.4, 0.5) is 0 Å². The molecule has 0 aliphatic rings. The molecule has 1 unspecified atom stereocenters. The van der Waals surface area contributed by atoms with E-state index in [1.807, 2.05) is 0 Å². The molecule has 0 fully saturated rings. The lowest BCUT2D eigenvalue weighted by molar-refractivity contribution is -0.118. The predicted molar refractivity (Wildman–Crippen MR) is 68.9 cm³/mol. The van der Waals surface area contributed by atoms with Crippen molar-refractivity contribution in [3.05, 3.63) is 0 Å². The molecule has 3 nitrogen and oxygen atoms in total. The van der Waals surface area contributed by atoms with Gasteiger partial charge in [-0.2, -0.15) is 0 Å². The van der Waals surface area contributed by atoms with E-state index in [4.69, 9.17) is 11.5 Å². The summed E-state index contributed by atoms with van der Waals surface area (Å²) in [5.41, 5.74) is 10.6. The lowest BCUT2D eigenvalue weighted by atomic mass is 10.1. The van der Waals surface area contributed by atoms with Gasteiger partial charge in [-0.1, -0.05) is 40.5 Å². The average molecular weight is 218 g/mol. The van der Waals surface area contributed by atoms with Crippen molar-refractivity contribution in [2.75, 3.05) is 6.54 Å². The summed E-state index contributed by atoms with van der Waals surface area (Å²) in [7, 11) is 0. The maximum atomic E-state index is 10.5. The maximum absolute atomic E-state index is 10.5. The molecule has 0 bridgehead atoms. The highest BCUT2D eigenvalue weighted by Crippen LogP contribution is 1.92. The Bertz CT molecular complexity index is 114. The van der Waals surface area contributed by atoms with Crippen LogP contribution in [0.15, 0.2) is 0 Å². The van der Waals surface area contributed by atoms with Gasteiger partial charge in [-0.25, -0.2) is 0 Å². The van der Waals surface area contributed by atoms with Gasteiger partial charge in [0.05, 0.1) is 6.04 Å². The van der Waals surface area contributed by atoms with Crippen LogP contribution in [-0.2, 0) is 4.79 Å². The number of ketones is 1. The second-order valence-electron chi connectivity index (χ2n) is 3.56. The van der Waals surface area contributed by atoms with Crippen molar-refractivity contribution in [3.63, 3.8) is 0 Å². The first-order valence-electron chi connectivity index (χ1n) is 5.97. The molecule has 4 N–H and O–H groups in total. The van der Waals surface area contributed by atoms with Gasteiger partial charge in [0.25, 0.3) is 0 Å². The van der Waals surface area contributed by atoms with E-state index in [9.17, 15) is 4.79 Å². The number of hydrogen-bond acceptors (Lipinski definition) is 3. The van der Waals surface area contributed by atoms with Crippen LogP contribution in [0.5, 0.6) is 0 Å². The van der Waals surface area contributed by atoms with Gasteiger partial charge < -0.3 is 11.5 Å². The van der Waals surface area contributed by atoms with E-state index >= 15 is 0 Å². The minimum Gasteiger partial charge on any atom is -0.330 e. The summed E-state index contributed by atoms with van der Waals surface area (Å²) >= 11 is 0. The summed E-state index contributed by atoms with van der Waals surface area (Å²) in [6.45, 7) is 10.6. The van der Waals surface area contributed by atoms with E-state index in [-0.39, 0.29) is 11.8 Å². The van der Waals surface area contributed by atoms with Crippen LogP contribution in [0, 0.1) is 0 Å². The Balaban J connectivity index is -0.000000200. The van der Waals surface area contributed by atoms with Crippen LogP contribution < -0.4 is 11.5 Å². The van der Waals surface area contributed by atoms with Crippen LogP contribution in [0.3, 0.4) is 0 Å². The molecule has 0 radical (unpaired) electrons. The first-order valence-corrected chi connectivity index (χ1v) is 5.97. The Morgan fingerprint density at radius 2 is 1.47 bits per heavy atom. The predicted octanol–water partition coefficient (Wildman–Crippen LogP) is 2.47. The van der Waals surface area contributed by atoms with E-state index in [0.717, 1.165) is 6.42 Å². The molecule has 0 saturated heterocycles. The van der Waals surface area contributed by atoms with Crippen LogP contribution in [0.25, 0.3) is 0 Å². The molecule has 0 aliphatic heterocycles. The van der Waals surface area contributed by atoms with Crippen molar-refractivity contribution >= 4 is 5.78 Å². The fourth-order valence-corrected chi connectivity index (χ4v) is 0.541. The number of hydrogen-bond donors (Lipinski definition) is 2. The molecule has 0 amide bonds. The third-order valence-electron chi connectivity index (χ3n) is 1.24. The van der Waals surface area contributed by atoms with E-state index in [1.54, 1.807) is 0 Å². The maximum Gasteiger partial charge on any atom is 0.146 e. The zero-order valence-corrected chi connectivity index (χ0v) is 11.2. The van der Waals surface area contributed by atoms with Crippen molar-refractivity contribution in [1.82, 2.24) is 0 Å². The van der Waals surface area contributed by atoms with Gasteiger partial charge in [-0.05, 0) is 26.3 Å². The third kappa shape index (κ3) is 31.7. The quantitative estimate of drug-likeness (QED) is 0.761. The molecule has 0 aromatic carbocycles. The topological polar surface area (TPSA) is 69.1 Å². The summed E-state index contributed by atoms with van der Waals surface area (Å²) in [5, 5.41) is 0. The van der Waals surface area contributed by atoms with Crippen molar-refractivity contribution in [2.45, 2.75) is 66.3 Å². The molecule has 0 aromatic rings. The summed E-state index contributed by atoms with van der Waals surface area (Å²) in [6.07, 6.45) is 4.05. The Kier molecular flexibility index (Phi) is 25.7. The van der Waals surface area contributed by atoms with E-state index < -0.39 is 0 Å². The zero-order valence-electron chi connectivity index (χ0n) is 11.2. The smallest absolute Gasteiger partial charge is 0.146 e. The van der Waals surface area contributed by atoms with Gasteiger partial charge in [0.2, 0.25) is 0 Å². The molecular weight excluding hydrogens is 188 g/mol. The molecule has 94 valence electrons. The Morgan fingerprint density at radius 3 is 1.67 bits per heavy atom. The lowest BCUT2D eigenvalue weighted by Crippen LogP contribution is -2.28. The van der Waals surface area contributed by atoms with Gasteiger partial charge in [0.15, 0.2) is 0 Å². The fraction of sp³-hybridized carbons (Fsp3) is 0.917. The Labute approximate surface area is 95.6 Å². The average Bonchev–Trinajstić information content (AvgIpc) is 2.16. The zero-order chi connectivity index (χ0) is 12.7. The summed E-state index contributed by atoms with van der Waals surface area (Å²) < 4.78 is 0. The van der Waals surface area contributed by atoms with Crippen molar-refractivity contribution in [1.29, 1.82) is 0 Å². The largest absolute Gasteiger partial charge is 0.330 e. The molecule has 0 spiro atoms. The second kappa shape index (κ2) is 19.2. The molecule has 0 rings (SSSR count). The van der Waals surface area contributed by atoms with E-state index in [0.29, 0.717) is 13.0 Å². The van der Waals surface area contributed by atoms with Gasteiger partial charge in [0.1, 0.15) is 5.78 Å². The Hall–Kier alpha value is -0.410. The first kappa shape index (κ1) is 20.1. The number of carbonyl (C=O) groups excluding carboxylic acids is 1. The van der Waals surface area contributed by atoms with Gasteiger partial charge in [0, 0.05) is 0 Å². The van der Waals surface area contributed by atoms with E-state index in [1.165, 1.54) is 19.8 Å². The molecule has 3 heteroatoms. The van der Waals surface area contributed by atoms with Crippen LogP contribution in [-0.4, -0.2) is 18.4 Å². The SMILES string of the molecule is CC(=O)C(N)CCCN.CCC.CCC. The minimum absolute atomic E-state index is 0.0449. The number of rotatable bonds is 4. The monoisotopic (exact) mass is 218 g/mol. The molecule has 15 heavy (non-hydrogen) atoms. The van der Waals surface area contributed by atoms with Crippen molar-refractivity contribution in [3.8, 4) is 0 Å². The van der Waals surface area contributed by atoms with Crippen LogP contribution in [0.1, 0.15) is 60.3 Å². The molecule has 1 atom stereocenters. The highest BCUT2D eigenvalue weighted by Gasteiger charge is 2.05. The third-order valence-corrected chi connectivity index (χ3v) is 1.24. The van der Waals surface area contributed by atoms with E-state index in [2.05, 4.69) is 27.7 Å². The summed E-state index contributed by atoms with van der Waals surface area (Å²) in [5.74, 6) is 0.0449. The fourth-order valence-electron chi connectivity index (χ4n) is 0.541. The molecule has 0 aromatic heterocycles. The molecular formula is C12H30N2O. The second-order valence-corrected chi connectivity index (χ2v) is 3.56. The van der Waals surface area contributed by atoms with Gasteiger partial charge >= 0.3 is 0 Å². The summed E-state index contributed by atoms with van der Waals surface area (Å²) in [6, 6.07) is -0.298. The van der Waals surface area contributed by atoms with Gasteiger partial charge in [-0.15, -0.1) is 0 Å². The first-order chi connectivity index (χ1) is 7.01. The lowest BCUT2D eigenvalue weighted by Gasteiger charge is -2.04. The number of carbonyl (C=O) groups is 1. The minimum atomic E-state index is -0.298. The van der Waals surface area contributed by atoms with Crippen LogP contribution in [0.2, 0.25) is 0 Å².